The van der Waals surface area contributed by atoms with Gasteiger partial charge in [-0.25, -0.2) is 4.79 Å². The van der Waals surface area contributed by atoms with E-state index in [1.165, 1.54) is 6.07 Å². The van der Waals surface area contributed by atoms with Gasteiger partial charge in [-0.15, -0.1) is 0 Å². The molecule has 1 fully saturated rings. The lowest BCUT2D eigenvalue weighted by Gasteiger charge is -2.26. The van der Waals surface area contributed by atoms with Gasteiger partial charge in [0.05, 0.1) is 17.7 Å². The summed E-state index contributed by atoms with van der Waals surface area (Å²) in [6.45, 7) is 0.0496. The number of hydrogen-bond donors (Lipinski definition) is 4. The minimum atomic E-state index is -4.42. The average molecular weight is 408 g/mol. The van der Waals surface area contributed by atoms with Gasteiger partial charge in [0.15, 0.2) is 0 Å². The van der Waals surface area contributed by atoms with Gasteiger partial charge in [-0.2, -0.15) is 13.2 Å². The highest BCUT2D eigenvalue weighted by atomic mass is 19.4. The zero-order chi connectivity index (χ0) is 21.1. The molecule has 2 atom stereocenters. The fourth-order valence-corrected chi connectivity index (χ4v) is 3.44. The highest BCUT2D eigenvalue weighted by molar-refractivity contribution is 5.65. The number of carbonyl (C=O) groups is 1. The molecule has 0 heterocycles. The predicted molar refractivity (Wildman–Crippen MR) is 101 cm³/mol. The third-order valence-electron chi connectivity index (χ3n) is 5.21. The molecule has 1 amide bonds. The van der Waals surface area contributed by atoms with Crippen molar-refractivity contribution in [2.45, 2.75) is 43.1 Å². The minimum absolute atomic E-state index is 0.0496. The normalized spacial score (nSPS) is 17.4. The number of hydrogen-bond acceptors (Lipinski definition) is 3. The lowest BCUT2D eigenvalue weighted by molar-refractivity contribution is -0.137. The molecule has 8 heteroatoms. The van der Waals surface area contributed by atoms with E-state index in [2.05, 4.69) is 10.6 Å². The maximum atomic E-state index is 13.0. The third-order valence-corrected chi connectivity index (χ3v) is 5.21. The molecule has 5 nitrogen and oxygen atoms in total. The molecule has 0 aliphatic heterocycles. The van der Waals surface area contributed by atoms with Crippen LogP contribution >= 0.6 is 0 Å². The van der Waals surface area contributed by atoms with Crippen molar-refractivity contribution in [1.29, 1.82) is 0 Å². The number of aliphatic hydroxyl groups excluding tert-OH is 1. The number of aliphatic hydroxyl groups is 1. The van der Waals surface area contributed by atoms with Gasteiger partial charge < -0.3 is 20.8 Å². The molecule has 1 aliphatic carbocycles. The summed E-state index contributed by atoms with van der Waals surface area (Å²) in [7, 11) is 0. The molecule has 0 radical (unpaired) electrons. The lowest BCUT2D eigenvalue weighted by Crippen LogP contribution is -2.49. The standard InChI is InChI=1S/C21H23F3N2O3/c22-21(23,24)16-8-4-7-15(12-16)20(9-10-20)25-13-18(27)17(26-19(28)29)11-14-5-2-1-3-6-14/h1-8,12,17-18,25-27H,9-11,13H2,(H,28,29)/t17-,18+/m0/s1. The van der Waals surface area contributed by atoms with Crippen molar-refractivity contribution in [3.8, 4) is 0 Å². The van der Waals surface area contributed by atoms with E-state index in [-0.39, 0.29) is 6.54 Å². The Balaban J connectivity index is 1.67. The number of benzene rings is 2. The summed E-state index contributed by atoms with van der Waals surface area (Å²) < 4.78 is 39.0. The number of nitrogens with one attached hydrogen (secondary N) is 2. The molecule has 4 N–H and O–H groups in total. The van der Waals surface area contributed by atoms with Gasteiger partial charge in [0.2, 0.25) is 0 Å². The molecule has 2 aromatic carbocycles. The van der Waals surface area contributed by atoms with E-state index in [0.29, 0.717) is 24.8 Å². The van der Waals surface area contributed by atoms with Crippen molar-refractivity contribution < 1.29 is 28.2 Å². The number of amides is 1. The summed E-state index contributed by atoms with van der Waals surface area (Å²) >= 11 is 0. The SMILES string of the molecule is O=C(O)N[C@@H](Cc1ccccc1)[C@H](O)CNC1(c2cccc(C(F)(F)F)c2)CC1. The summed E-state index contributed by atoms with van der Waals surface area (Å²) in [4.78, 5) is 11.1. The van der Waals surface area contributed by atoms with Crippen LogP contribution in [-0.2, 0) is 18.1 Å². The summed E-state index contributed by atoms with van der Waals surface area (Å²) in [5, 5.41) is 25.1. The molecular formula is C21H23F3N2O3. The van der Waals surface area contributed by atoms with Crippen LogP contribution in [-0.4, -0.2) is 35.0 Å². The van der Waals surface area contributed by atoms with Gasteiger partial charge in [-0.3, -0.25) is 0 Å². The van der Waals surface area contributed by atoms with Crippen molar-refractivity contribution in [3.63, 3.8) is 0 Å². The number of halogens is 3. The maximum Gasteiger partial charge on any atom is 0.416 e. The number of rotatable bonds is 8. The van der Waals surface area contributed by atoms with Crippen LogP contribution in [0.15, 0.2) is 54.6 Å². The zero-order valence-electron chi connectivity index (χ0n) is 15.6. The lowest BCUT2D eigenvalue weighted by atomic mass is 9.99. The van der Waals surface area contributed by atoms with Crippen molar-refractivity contribution in [2.75, 3.05) is 6.54 Å². The van der Waals surface area contributed by atoms with Gasteiger partial charge in [-0.05, 0) is 42.5 Å². The number of alkyl halides is 3. The highest BCUT2D eigenvalue weighted by Crippen LogP contribution is 2.46. The van der Waals surface area contributed by atoms with Crippen molar-refractivity contribution in [3.05, 3.63) is 71.3 Å². The second kappa shape index (κ2) is 8.42. The maximum absolute atomic E-state index is 13.0. The van der Waals surface area contributed by atoms with Crippen LogP contribution in [0, 0.1) is 0 Å². The van der Waals surface area contributed by atoms with E-state index >= 15 is 0 Å². The minimum Gasteiger partial charge on any atom is -0.465 e. The monoisotopic (exact) mass is 408 g/mol. The van der Waals surface area contributed by atoms with Gasteiger partial charge in [0.25, 0.3) is 0 Å². The van der Waals surface area contributed by atoms with E-state index in [9.17, 15) is 23.1 Å². The van der Waals surface area contributed by atoms with E-state index in [1.807, 2.05) is 30.3 Å². The van der Waals surface area contributed by atoms with Crippen LogP contribution in [0.4, 0.5) is 18.0 Å². The molecule has 3 rings (SSSR count). The first kappa shape index (κ1) is 21.1. The fourth-order valence-electron chi connectivity index (χ4n) is 3.44. The molecule has 156 valence electrons. The van der Waals surface area contributed by atoms with Crippen LogP contribution in [0.1, 0.15) is 29.5 Å². The first-order chi connectivity index (χ1) is 13.7. The van der Waals surface area contributed by atoms with Gasteiger partial charge >= 0.3 is 12.3 Å². The first-order valence-electron chi connectivity index (χ1n) is 9.34. The molecule has 1 aliphatic rings. The Morgan fingerprint density at radius 2 is 1.79 bits per heavy atom. The molecule has 0 spiro atoms. The van der Waals surface area contributed by atoms with Crippen LogP contribution in [0.2, 0.25) is 0 Å². The van der Waals surface area contributed by atoms with Gasteiger partial charge in [0.1, 0.15) is 0 Å². The van der Waals surface area contributed by atoms with Crippen LogP contribution < -0.4 is 10.6 Å². The Morgan fingerprint density at radius 3 is 2.38 bits per heavy atom. The Hall–Kier alpha value is -2.58. The van der Waals surface area contributed by atoms with Gasteiger partial charge in [0, 0.05) is 12.1 Å². The first-order valence-corrected chi connectivity index (χ1v) is 9.34. The summed E-state index contributed by atoms with van der Waals surface area (Å²) in [6.07, 6.45) is -5.11. The topological polar surface area (TPSA) is 81.6 Å². The quantitative estimate of drug-likeness (QED) is 0.539. The molecule has 2 aromatic rings. The van der Waals surface area contributed by atoms with E-state index < -0.39 is 35.5 Å². The van der Waals surface area contributed by atoms with Gasteiger partial charge in [-0.1, -0.05) is 42.5 Å². The van der Waals surface area contributed by atoms with Crippen molar-refractivity contribution in [2.24, 2.45) is 0 Å². The predicted octanol–water partition coefficient (Wildman–Crippen LogP) is 3.52. The largest absolute Gasteiger partial charge is 0.465 e. The smallest absolute Gasteiger partial charge is 0.416 e. The van der Waals surface area contributed by atoms with Crippen LogP contribution in [0.5, 0.6) is 0 Å². The molecular weight excluding hydrogens is 385 g/mol. The van der Waals surface area contributed by atoms with Crippen molar-refractivity contribution in [1.82, 2.24) is 10.6 Å². The van der Waals surface area contributed by atoms with Crippen molar-refractivity contribution >= 4 is 6.09 Å². The van der Waals surface area contributed by atoms with E-state index in [1.54, 1.807) is 6.07 Å². The molecule has 0 bridgehead atoms. The Morgan fingerprint density at radius 1 is 1.10 bits per heavy atom. The van der Waals surface area contributed by atoms with Crippen LogP contribution in [0.25, 0.3) is 0 Å². The Bertz CT molecular complexity index is 839. The van der Waals surface area contributed by atoms with E-state index in [0.717, 1.165) is 17.7 Å². The molecule has 0 unspecified atom stereocenters. The second-order valence-electron chi connectivity index (χ2n) is 7.35. The molecule has 1 saturated carbocycles. The third kappa shape index (κ3) is 5.48. The molecule has 0 saturated heterocycles. The average Bonchev–Trinajstić information content (AvgIpc) is 3.47. The highest BCUT2D eigenvalue weighted by Gasteiger charge is 2.45. The molecule has 0 aromatic heterocycles. The number of carboxylic acid groups (broad SMARTS) is 1. The molecule has 29 heavy (non-hydrogen) atoms. The Kier molecular flexibility index (Phi) is 6.14. The van der Waals surface area contributed by atoms with E-state index in [4.69, 9.17) is 5.11 Å². The van der Waals surface area contributed by atoms with Crippen LogP contribution in [0.3, 0.4) is 0 Å². The fraction of sp³-hybridized carbons (Fsp3) is 0.381. The Labute approximate surface area is 166 Å². The second-order valence-corrected chi connectivity index (χ2v) is 7.35. The summed E-state index contributed by atoms with van der Waals surface area (Å²) in [5.74, 6) is 0. The summed E-state index contributed by atoms with van der Waals surface area (Å²) in [6, 6.07) is 13.6. The zero-order valence-corrected chi connectivity index (χ0v) is 15.6. The summed E-state index contributed by atoms with van der Waals surface area (Å²) in [5.41, 5.74) is 0.0516.